The summed E-state index contributed by atoms with van der Waals surface area (Å²) in [6.07, 6.45) is 6.34. The number of nitro groups is 1. The molecule has 2 aliphatic rings. The second kappa shape index (κ2) is 5.48. The van der Waals surface area contributed by atoms with Crippen LogP contribution in [0.1, 0.15) is 48.6 Å². The number of carbonyl (C=O) groups excluding carboxylic acids is 1. The maximum Gasteiger partial charge on any atom is 0.287 e. The van der Waals surface area contributed by atoms with Gasteiger partial charge in [-0.15, -0.1) is 0 Å². The minimum absolute atomic E-state index is 0.0391. The number of hydrogen-bond acceptors (Lipinski definition) is 4. The minimum Gasteiger partial charge on any atom is -0.395 e. The Hall–Kier alpha value is -1.89. The molecule has 3 rings (SSSR count). The highest BCUT2D eigenvalue weighted by molar-refractivity contribution is 5.94. The smallest absolute Gasteiger partial charge is 0.287 e. The van der Waals surface area contributed by atoms with Crippen molar-refractivity contribution in [3.8, 4) is 0 Å². The Kier molecular flexibility index (Phi) is 3.67. The van der Waals surface area contributed by atoms with E-state index < -0.39 is 4.92 Å². The van der Waals surface area contributed by atoms with E-state index in [1.54, 1.807) is 9.47 Å². The molecule has 1 aromatic heterocycles. The van der Waals surface area contributed by atoms with Gasteiger partial charge in [0.1, 0.15) is 5.69 Å². The quantitative estimate of drug-likeness (QED) is 0.639. The molecule has 0 unspecified atom stereocenters. The first-order chi connectivity index (χ1) is 10.1. The zero-order chi connectivity index (χ0) is 15.0. The summed E-state index contributed by atoms with van der Waals surface area (Å²) in [5.74, 6) is -0.200. The van der Waals surface area contributed by atoms with Crippen LogP contribution in [0.15, 0.2) is 12.3 Å². The highest BCUT2D eigenvalue weighted by Gasteiger charge is 2.35. The van der Waals surface area contributed by atoms with Gasteiger partial charge < -0.3 is 14.6 Å². The fourth-order valence-electron chi connectivity index (χ4n) is 2.79. The minimum atomic E-state index is -0.463. The number of aromatic nitrogens is 1. The molecule has 2 fully saturated rings. The van der Waals surface area contributed by atoms with Crippen LogP contribution >= 0.6 is 0 Å². The SMILES string of the molecule is O=C(c1cc([N+](=O)[O-])cn1C1CC1)N(CCO)C1CCC1. The number of amides is 1. The third-order valence-corrected chi connectivity index (χ3v) is 4.32. The van der Waals surface area contributed by atoms with Crippen LogP contribution in [-0.4, -0.2) is 44.6 Å². The average molecular weight is 293 g/mol. The molecule has 2 saturated carbocycles. The van der Waals surface area contributed by atoms with Crippen LogP contribution in [0.3, 0.4) is 0 Å². The predicted molar refractivity (Wildman–Crippen MR) is 75.1 cm³/mol. The molecule has 2 aliphatic carbocycles. The molecule has 0 aliphatic heterocycles. The van der Waals surface area contributed by atoms with Crippen molar-refractivity contribution in [1.82, 2.24) is 9.47 Å². The number of aliphatic hydroxyl groups excluding tert-OH is 1. The molecule has 114 valence electrons. The highest BCUT2D eigenvalue weighted by atomic mass is 16.6. The Labute approximate surface area is 122 Å². The first kappa shape index (κ1) is 14.1. The maximum atomic E-state index is 12.7. The summed E-state index contributed by atoms with van der Waals surface area (Å²) in [5, 5.41) is 20.1. The van der Waals surface area contributed by atoms with Gasteiger partial charge >= 0.3 is 0 Å². The normalized spacial score (nSPS) is 18.3. The molecule has 0 atom stereocenters. The number of hydrogen-bond donors (Lipinski definition) is 1. The lowest BCUT2D eigenvalue weighted by Gasteiger charge is -2.37. The van der Waals surface area contributed by atoms with Gasteiger partial charge in [0.05, 0.1) is 17.7 Å². The molecular formula is C14H19N3O4. The lowest BCUT2D eigenvalue weighted by atomic mass is 9.91. The van der Waals surface area contributed by atoms with E-state index >= 15 is 0 Å². The summed E-state index contributed by atoms with van der Waals surface area (Å²) in [6, 6.07) is 1.73. The first-order valence-electron chi connectivity index (χ1n) is 7.40. The Morgan fingerprint density at radius 3 is 2.62 bits per heavy atom. The van der Waals surface area contributed by atoms with Crippen molar-refractivity contribution in [2.75, 3.05) is 13.2 Å². The Morgan fingerprint density at radius 1 is 1.43 bits per heavy atom. The monoisotopic (exact) mass is 293 g/mol. The van der Waals surface area contributed by atoms with Gasteiger partial charge in [0.15, 0.2) is 0 Å². The van der Waals surface area contributed by atoms with Crippen LogP contribution in [0.25, 0.3) is 0 Å². The van der Waals surface area contributed by atoms with E-state index in [0.717, 1.165) is 32.1 Å². The van der Waals surface area contributed by atoms with Gasteiger partial charge in [-0.1, -0.05) is 0 Å². The Morgan fingerprint density at radius 2 is 2.14 bits per heavy atom. The van der Waals surface area contributed by atoms with Crippen LogP contribution in [0.4, 0.5) is 5.69 Å². The third-order valence-electron chi connectivity index (χ3n) is 4.32. The first-order valence-corrected chi connectivity index (χ1v) is 7.40. The third kappa shape index (κ3) is 2.65. The summed E-state index contributed by atoms with van der Waals surface area (Å²) in [5.41, 5.74) is 0.340. The van der Waals surface area contributed by atoms with Crippen molar-refractivity contribution in [3.63, 3.8) is 0 Å². The van der Waals surface area contributed by atoms with E-state index in [9.17, 15) is 20.0 Å². The van der Waals surface area contributed by atoms with Crippen LogP contribution < -0.4 is 0 Å². The van der Waals surface area contributed by atoms with Gasteiger partial charge in [0.2, 0.25) is 0 Å². The van der Waals surface area contributed by atoms with E-state index in [2.05, 4.69) is 0 Å². The summed E-state index contributed by atoms with van der Waals surface area (Å²) < 4.78 is 1.74. The van der Waals surface area contributed by atoms with Gasteiger partial charge in [0, 0.05) is 24.7 Å². The molecule has 0 radical (unpaired) electrons. The van der Waals surface area contributed by atoms with Crippen LogP contribution in [0.5, 0.6) is 0 Å². The van der Waals surface area contributed by atoms with E-state index in [-0.39, 0.29) is 36.8 Å². The van der Waals surface area contributed by atoms with Crippen molar-refractivity contribution >= 4 is 11.6 Å². The topological polar surface area (TPSA) is 88.6 Å². The van der Waals surface area contributed by atoms with Gasteiger partial charge in [-0.05, 0) is 32.1 Å². The van der Waals surface area contributed by atoms with E-state index in [4.69, 9.17) is 0 Å². The van der Waals surface area contributed by atoms with Crippen molar-refractivity contribution in [3.05, 3.63) is 28.1 Å². The number of nitrogens with zero attached hydrogens (tertiary/aromatic N) is 3. The molecule has 0 bridgehead atoms. The molecule has 0 saturated heterocycles. The number of aliphatic hydroxyl groups is 1. The van der Waals surface area contributed by atoms with Gasteiger partial charge in [-0.2, -0.15) is 0 Å². The molecule has 1 N–H and O–H groups in total. The van der Waals surface area contributed by atoms with Crippen molar-refractivity contribution in [2.45, 2.75) is 44.2 Å². The van der Waals surface area contributed by atoms with Crippen LogP contribution in [0.2, 0.25) is 0 Å². The zero-order valence-electron chi connectivity index (χ0n) is 11.8. The van der Waals surface area contributed by atoms with Crippen LogP contribution in [0, 0.1) is 10.1 Å². The molecule has 7 nitrogen and oxygen atoms in total. The summed E-state index contributed by atoms with van der Waals surface area (Å²) in [7, 11) is 0. The fourth-order valence-corrected chi connectivity index (χ4v) is 2.79. The molecule has 1 amide bonds. The summed E-state index contributed by atoms with van der Waals surface area (Å²) in [6.45, 7) is 0.196. The Bertz CT molecular complexity index is 561. The average Bonchev–Trinajstić information content (AvgIpc) is 3.14. The predicted octanol–water partition coefficient (Wildman–Crippen LogP) is 1.72. The number of rotatable bonds is 6. The zero-order valence-corrected chi connectivity index (χ0v) is 11.8. The largest absolute Gasteiger partial charge is 0.395 e. The molecule has 1 aromatic rings. The summed E-state index contributed by atoms with van der Waals surface area (Å²) in [4.78, 5) is 24.9. The second-order valence-electron chi connectivity index (χ2n) is 5.79. The van der Waals surface area contributed by atoms with Crippen molar-refractivity contribution in [1.29, 1.82) is 0 Å². The highest BCUT2D eigenvalue weighted by Crippen LogP contribution is 2.38. The standard InChI is InChI=1S/C14H19N3O4/c18-7-6-15(10-2-1-3-10)14(19)13-8-12(17(20)21)9-16(13)11-4-5-11/h8-11,18H,1-7H2. The van der Waals surface area contributed by atoms with E-state index in [1.807, 2.05) is 0 Å². The molecule has 0 aromatic carbocycles. The van der Waals surface area contributed by atoms with Gasteiger partial charge in [-0.3, -0.25) is 14.9 Å². The molecular weight excluding hydrogens is 274 g/mol. The van der Waals surface area contributed by atoms with Crippen LogP contribution in [-0.2, 0) is 0 Å². The van der Waals surface area contributed by atoms with Crippen molar-refractivity contribution in [2.24, 2.45) is 0 Å². The lowest BCUT2D eigenvalue weighted by molar-refractivity contribution is -0.384. The summed E-state index contributed by atoms with van der Waals surface area (Å²) >= 11 is 0. The molecule has 1 heterocycles. The van der Waals surface area contributed by atoms with Gasteiger partial charge in [-0.25, -0.2) is 0 Å². The van der Waals surface area contributed by atoms with E-state index in [1.165, 1.54) is 12.3 Å². The fraction of sp³-hybridized carbons (Fsp3) is 0.643. The van der Waals surface area contributed by atoms with Gasteiger partial charge in [0.25, 0.3) is 11.6 Å². The second-order valence-corrected chi connectivity index (χ2v) is 5.79. The molecule has 7 heteroatoms. The van der Waals surface area contributed by atoms with E-state index in [0.29, 0.717) is 5.69 Å². The molecule has 21 heavy (non-hydrogen) atoms. The van der Waals surface area contributed by atoms with Crippen molar-refractivity contribution < 1.29 is 14.8 Å². The Balaban J connectivity index is 1.89. The maximum absolute atomic E-state index is 12.7. The molecule has 0 spiro atoms. The number of carbonyl (C=O) groups is 1. The lowest BCUT2D eigenvalue weighted by Crippen LogP contribution is -2.46.